The number of pyridine rings is 1. The molecule has 1 aliphatic heterocycles. The Hall–Kier alpha value is -3.27. The number of fused-ring (bicyclic) bond motifs is 1. The van der Waals surface area contributed by atoms with E-state index in [1.165, 1.54) is 17.2 Å². The third kappa shape index (κ3) is 5.53. The van der Waals surface area contributed by atoms with Gasteiger partial charge in [-0.05, 0) is 59.4 Å². The lowest BCUT2D eigenvalue weighted by molar-refractivity contribution is 0.0159. The molecule has 1 aromatic heterocycles. The van der Waals surface area contributed by atoms with Crippen molar-refractivity contribution >= 4 is 29.0 Å². The van der Waals surface area contributed by atoms with Gasteiger partial charge in [-0.25, -0.2) is 18.4 Å². The summed E-state index contributed by atoms with van der Waals surface area (Å²) >= 11 is 0. The molecule has 2 heterocycles. The summed E-state index contributed by atoms with van der Waals surface area (Å²) in [6.07, 6.45) is 4.97. The fourth-order valence-corrected chi connectivity index (χ4v) is 4.64. The van der Waals surface area contributed by atoms with Gasteiger partial charge in [-0.3, -0.25) is 4.79 Å². The number of hydrogen-bond acceptors (Lipinski definition) is 6. The molecule has 1 aliphatic carbocycles. The van der Waals surface area contributed by atoms with E-state index in [1.807, 2.05) is 0 Å². The van der Waals surface area contributed by atoms with Crippen LogP contribution in [-0.2, 0) is 9.47 Å². The average Bonchev–Trinajstić information content (AvgIpc) is 3.59. The molecule has 1 N–H and O–H groups in total. The Bertz CT molecular complexity index is 1310. The molecular weight excluding hydrogens is 486 g/mol. The number of aromatic nitrogens is 1. The maximum absolute atomic E-state index is 15.1. The summed E-state index contributed by atoms with van der Waals surface area (Å²) in [6.45, 7) is 7.23. The van der Waals surface area contributed by atoms with Crippen molar-refractivity contribution < 1.29 is 33.0 Å². The normalized spacial score (nSPS) is 20.1. The largest absolute Gasteiger partial charge is 0.462 e. The highest BCUT2D eigenvalue weighted by Crippen LogP contribution is 2.39. The molecule has 1 saturated carbocycles. The number of amides is 1. The lowest BCUT2D eigenvalue weighted by atomic mass is 10.0. The zero-order valence-corrected chi connectivity index (χ0v) is 21.4. The third-order valence-electron chi connectivity index (χ3n) is 6.48. The molecule has 37 heavy (non-hydrogen) atoms. The number of esters is 1. The molecule has 2 atom stereocenters. The van der Waals surface area contributed by atoms with Crippen molar-refractivity contribution in [3.8, 4) is 0 Å². The number of rotatable bonds is 6. The molecule has 8 nitrogen and oxygen atoms in total. The SMILES string of the molecule is CCOC(=O)c1cn(C2CC2)c2c(/C=C\C[C@@H]3[C@@H](O)CCN3C(=O)OC(C)(C)C)c(F)c(F)cc2c1=O. The summed E-state index contributed by atoms with van der Waals surface area (Å²) in [5, 5.41) is 10.3. The molecule has 2 aliphatic rings. The van der Waals surface area contributed by atoms with Gasteiger partial charge in [0, 0.05) is 24.3 Å². The first-order valence-corrected chi connectivity index (χ1v) is 12.5. The number of carbonyl (C=O) groups excluding carboxylic acids is 2. The lowest BCUT2D eigenvalue weighted by Crippen LogP contribution is -2.42. The summed E-state index contributed by atoms with van der Waals surface area (Å²) in [5.41, 5.74) is -1.62. The summed E-state index contributed by atoms with van der Waals surface area (Å²) in [5.74, 6) is -3.16. The van der Waals surface area contributed by atoms with Gasteiger partial charge in [-0.2, -0.15) is 0 Å². The summed E-state index contributed by atoms with van der Waals surface area (Å²) < 4.78 is 41.8. The Balaban J connectivity index is 1.73. The van der Waals surface area contributed by atoms with Crippen LogP contribution in [0.3, 0.4) is 0 Å². The molecular formula is C27H32F2N2O6. The number of carbonyl (C=O) groups is 2. The fraction of sp³-hybridized carbons (Fsp3) is 0.519. The standard InChI is InChI=1S/C27H32F2N2O6/c1-5-36-25(34)18-14-31(15-9-10-15)23-16(22(29)19(28)13-17(23)24(18)33)7-6-8-20-21(32)11-12-30(20)26(35)37-27(2,3)4/h6-7,13-15,20-21,32H,5,8-12H2,1-4H3/b7-6-/t20-,21+/m1/s1. The molecule has 200 valence electrons. The van der Waals surface area contributed by atoms with Gasteiger partial charge in [-0.15, -0.1) is 0 Å². The van der Waals surface area contributed by atoms with Crippen LogP contribution in [0, 0.1) is 11.6 Å². The van der Waals surface area contributed by atoms with Gasteiger partial charge in [-0.1, -0.05) is 12.2 Å². The van der Waals surface area contributed by atoms with E-state index in [1.54, 1.807) is 38.3 Å². The minimum absolute atomic E-state index is 0.0624. The number of aliphatic hydroxyl groups excluding tert-OH is 1. The highest BCUT2D eigenvalue weighted by Gasteiger charge is 2.37. The van der Waals surface area contributed by atoms with Crippen LogP contribution < -0.4 is 5.43 Å². The molecule has 4 rings (SSSR count). The number of hydrogen-bond donors (Lipinski definition) is 1. The van der Waals surface area contributed by atoms with Crippen LogP contribution in [0.4, 0.5) is 13.6 Å². The van der Waals surface area contributed by atoms with Crippen LogP contribution in [0.1, 0.15) is 75.3 Å². The lowest BCUT2D eigenvalue weighted by Gasteiger charge is -2.29. The van der Waals surface area contributed by atoms with Gasteiger partial charge in [0.15, 0.2) is 11.6 Å². The molecule has 0 radical (unpaired) electrons. The van der Waals surface area contributed by atoms with Crippen molar-refractivity contribution in [1.29, 1.82) is 0 Å². The van der Waals surface area contributed by atoms with E-state index in [0.717, 1.165) is 18.9 Å². The van der Waals surface area contributed by atoms with E-state index in [-0.39, 0.29) is 41.1 Å². The van der Waals surface area contributed by atoms with E-state index in [4.69, 9.17) is 9.47 Å². The first kappa shape index (κ1) is 26.8. The Morgan fingerprint density at radius 3 is 2.54 bits per heavy atom. The molecule has 1 aromatic carbocycles. The molecule has 0 unspecified atom stereocenters. The van der Waals surface area contributed by atoms with Gasteiger partial charge in [0.1, 0.15) is 11.2 Å². The smallest absolute Gasteiger partial charge is 0.410 e. The monoisotopic (exact) mass is 518 g/mol. The molecule has 0 bridgehead atoms. The second-order valence-electron chi connectivity index (χ2n) is 10.4. The van der Waals surface area contributed by atoms with Crippen LogP contribution in [0.2, 0.25) is 0 Å². The second-order valence-corrected chi connectivity index (χ2v) is 10.4. The molecule has 10 heteroatoms. The molecule has 2 aromatic rings. The van der Waals surface area contributed by atoms with E-state index in [0.29, 0.717) is 13.0 Å². The number of aliphatic hydroxyl groups is 1. The van der Waals surface area contributed by atoms with Crippen molar-refractivity contribution in [3.05, 3.63) is 51.3 Å². The summed E-state index contributed by atoms with van der Waals surface area (Å²) in [6, 6.07) is 0.152. The Morgan fingerprint density at radius 2 is 1.92 bits per heavy atom. The van der Waals surface area contributed by atoms with Gasteiger partial charge in [0.25, 0.3) is 0 Å². The topological polar surface area (TPSA) is 98.1 Å². The van der Waals surface area contributed by atoms with Crippen LogP contribution >= 0.6 is 0 Å². The Morgan fingerprint density at radius 1 is 1.22 bits per heavy atom. The van der Waals surface area contributed by atoms with Crippen LogP contribution in [0.25, 0.3) is 17.0 Å². The highest BCUT2D eigenvalue weighted by atomic mass is 19.2. The minimum atomic E-state index is -1.22. The molecule has 1 amide bonds. The van der Waals surface area contributed by atoms with Crippen molar-refractivity contribution in [1.82, 2.24) is 9.47 Å². The van der Waals surface area contributed by atoms with Gasteiger partial charge in [0.05, 0.1) is 29.7 Å². The zero-order valence-electron chi connectivity index (χ0n) is 21.4. The van der Waals surface area contributed by atoms with Crippen LogP contribution in [0.5, 0.6) is 0 Å². The van der Waals surface area contributed by atoms with Gasteiger partial charge in [0.2, 0.25) is 5.43 Å². The number of halogens is 2. The second kappa shape index (κ2) is 10.2. The highest BCUT2D eigenvalue weighted by molar-refractivity contribution is 5.96. The third-order valence-corrected chi connectivity index (χ3v) is 6.48. The maximum Gasteiger partial charge on any atom is 0.410 e. The van der Waals surface area contributed by atoms with E-state index in [9.17, 15) is 23.9 Å². The van der Waals surface area contributed by atoms with Crippen LogP contribution in [-0.4, -0.2) is 57.5 Å². The first-order valence-electron chi connectivity index (χ1n) is 12.5. The summed E-state index contributed by atoms with van der Waals surface area (Å²) in [7, 11) is 0. The van der Waals surface area contributed by atoms with E-state index >= 15 is 4.39 Å². The number of nitrogens with zero attached hydrogens (tertiary/aromatic N) is 2. The van der Waals surface area contributed by atoms with Crippen molar-refractivity contribution in [2.75, 3.05) is 13.2 Å². The average molecular weight is 519 g/mol. The number of likely N-dealkylation sites (tertiary alicyclic amines) is 1. The quantitative estimate of drug-likeness (QED) is 0.563. The van der Waals surface area contributed by atoms with Crippen molar-refractivity contribution in [3.63, 3.8) is 0 Å². The van der Waals surface area contributed by atoms with Gasteiger partial charge < -0.3 is 24.0 Å². The predicted molar refractivity (Wildman–Crippen MR) is 133 cm³/mol. The molecule has 2 fully saturated rings. The van der Waals surface area contributed by atoms with E-state index in [2.05, 4.69) is 0 Å². The fourth-order valence-electron chi connectivity index (χ4n) is 4.64. The number of benzene rings is 1. The van der Waals surface area contributed by atoms with E-state index < -0.39 is 46.9 Å². The van der Waals surface area contributed by atoms with Crippen molar-refractivity contribution in [2.45, 2.75) is 77.2 Å². The molecule has 1 saturated heterocycles. The van der Waals surface area contributed by atoms with Crippen molar-refractivity contribution in [2.24, 2.45) is 0 Å². The minimum Gasteiger partial charge on any atom is -0.462 e. The predicted octanol–water partition coefficient (Wildman–Crippen LogP) is 4.56. The maximum atomic E-state index is 15.1. The van der Waals surface area contributed by atoms with Gasteiger partial charge >= 0.3 is 12.1 Å². The Labute approximate surface area is 213 Å². The first-order chi connectivity index (χ1) is 17.4. The number of ether oxygens (including phenoxy) is 2. The Kier molecular flexibility index (Phi) is 7.41. The van der Waals surface area contributed by atoms with Crippen LogP contribution in [0.15, 0.2) is 23.1 Å². The molecule has 0 spiro atoms. The summed E-state index contributed by atoms with van der Waals surface area (Å²) in [4.78, 5) is 39.5. The zero-order chi connectivity index (χ0) is 27.1.